The maximum absolute atomic E-state index is 13.2. The number of aryl methyl sites for hydroxylation is 1. The first-order valence-corrected chi connectivity index (χ1v) is 11.8. The van der Waals surface area contributed by atoms with Crippen LogP contribution < -0.4 is 4.74 Å². The van der Waals surface area contributed by atoms with E-state index in [1.165, 1.54) is 0 Å². The predicted molar refractivity (Wildman–Crippen MR) is 133 cm³/mol. The van der Waals surface area contributed by atoms with Gasteiger partial charge in [0.05, 0.1) is 12.5 Å². The highest BCUT2D eigenvalue weighted by Crippen LogP contribution is 2.29. The van der Waals surface area contributed by atoms with Crippen molar-refractivity contribution in [1.82, 2.24) is 15.0 Å². The van der Waals surface area contributed by atoms with Crippen LogP contribution >= 0.6 is 0 Å². The Hall–Kier alpha value is -4.13. The van der Waals surface area contributed by atoms with Crippen LogP contribution in [0, 0.1) is 0 Å². The van der Waals surface area contributed by atoms with Crippen LogP contribution in [0.4, 0.5) is 0 Å². The first-order chi connectivity index (χ1) is 17.1. The van der Waals surface area contributed by atoms with Crippen LogP contribution in [0.1, 0.15) is 22.3 Å². The fourth-order valence-corrected chi connectivity index (χ4v) is 4.42. The van der Waals surface area contributed by atoms with Crippen molar-refractivity contribution in [2.24, 2.45) is 0 Å². The first-order valence-electron chi connectivity index (χ1n) is 11.8. The van der Waals surface area contributed by atoms with Gasteiger partial charge in [-0.15, -0.1) is 0 Å². The third-order valence-corrected chi connectivity index (χ3v) is 6.47. The van der Waals surface area contributed by atoms with Crippen molar-refractivity contribution in [3.05, 3.63) is 83.9 Å². The molecule has 0 saturated carbocycles. The van der Waals surface area contributed by atoms with E-state index in [2.05, 4.69) is 5.16 Å². The Morgan fingerprint density at radius 3 is 2.34 bits per heavy atom. The van der Waals surface area contributed by atoms with E-state index >= 15 is 0 Å². The minimum absolute atomic E-state index is 0.0440. The number of rotatable bonds is 6. The smallest absolute Gasteiger partial charge is 0.254 e. The number of fused-ring (bicyclic) bond motifs is 1. The molecule has 4 aromatic rings. The van der Waals surface area contributed by atoms with Gasteiger partial charge in [0, 0.05) is 43.7 Å². The van der Waals surface area contributed by atoms with Gasteiger partial charge in [-0.05, 0) is 42.3 Å². The Balaban J connectivity index is 1.20. The van der Waals surface area contributed by atoms with Crippen molar-refractivity contribution < 1.29 is 18.8 Å². The lowest BCUT2D eigenvalue weighted by Crippen LogP contribution is -2.50. The molecule has 0 unspecified atom stereocenters. The molecule has 0 N–H and O–H groups in total. The standard InChI is InChI=1S/C28H27N3O4/c1-34-23-11-7-20(8-12-23)9-14-26(32)30-15-17-31(18-16-30)28(33)22-10-13-25-24(19-22)27(35-29-25)21-5-3-2-4-6-21/h2-8,10-13,19H,9,14-18H2,1H3. The zero-order chi connectivity index (χ0) is 24.2. The van der Waals surface area contributed by atoms with E-state index < -0.39 is 0 Å². The minimum atomic E-state index is -0.0440. The number of benzene rings is 3. The largest absolute Gasteiger partial charge is 0.497 e. The maximum atomic E-state index is 13.2. The lowest BCUT2D eigenvalue weighted by Gasteiger charge is -2.35. The highest BCUT2D eigenvalue weighted by molar-refractivity contribution is 6.01. The van der Waals surface area contributed by atoms with E-state index in [1.807, 2.05) is 76.5 Å². The van der Waals surface area contributed by atoms with Gasteiger partial charge in [-0.25, -0.2) is 0 Å². The molecule has 5 rings (SSSR count). The van der Waals surface area contributed by atoms with E-state index in [9.17, 15) is 9.59 Å². The minimum Gasteiger partial charge on any atom is -0.497 e. The zero-order valence-electron chi connectivity index (χ0n) is 19.6. The summed E-state index contributed by atoms with van der Waals surface area (Å²) < 4.78 is 10.7. The molecule has 7 nitrogen and oxygen atoms in total. The summed E-state index contributed by atoms with van der Waals surface area (Å²) in [5.41, 5.74) is 3.33. The predicted octanol–water partition coefficient (Wildman–Crippen LogP) is 4.42. The third kappa shape index (κ3) is 4.89. The molecule has 0 aliphatic carbocycles. The molecular weight excluding hydrogens is 442 g/mol. The van der Waals surface area contributed by atoms with Gasteiger partial charge in [-0.1, -0.05) is 47.6 Å². The number of carbonyl (C=O) groups excluding carboxylic acids is 2. The normalized spacial score (nSPS) is 13.7. The number of ether oxygens (including phenoxy) is 1. The number of aromatic nitrogens is 1. The maximum Gasteiger partial charge on any atom is 0.254 e. The van der Waals surface area contributed by atoms with Crippen molar-refractivity contribution >= 4 is 22.7 Å². The molecule has 1 aromatic heterocycles. The molecule has 0 spiro atoms. The van der Waals surface area contributed by atoms with Gasteiger partial charge in [0.15, 0.2) is 5.76 Å². The molecular formula is C28H27N3O4. The third-order valence-electron chi connectivity index (χ3n) is 6.47. The number of methoxy groups -OCH3 is 1. The molecule has 1 aliphatic heterocycles. The average molecular weight is 470 g/mol. The van der Waals surface area contributed by atoms with Gasteiger partial charge >= 0.3 is 0 Å². The molecule has 0 atom stereocenters. The summed E-state index contributed by atoms with van der Waals surface area (Å²) in [7, 11) is 1.64. The summed E-state index contributed by atoms with van der Waals surface area (Å²) in [6.07, 6.45) is 1.14. The van der Waals surface area contributed by atoms with Crippen LogP contribution in [0.25, 0.3) is 22.2 Å². The van der Waals surface area contributed by atoms with Crippen LogP contribution in [-0.4, -0.2) is 60.1 Å². The summed E-state index contributed by atoms with van der Waals surface area (Å²) in [4.78, 5) is 29.6. The Morgan fingerprint density at radius 2 is 1.63 bits per heavy atom. The van der Waals surface area contributed by atoms with Gasteiger partial charge < -0.3 is 19.1 Å². The second kappa shape index (κ2) is 10.0. The number of nitrogens with zero attached hydrogens (tertiary/aromatic N) is 3. The molecule has 2 amide bonds. The Bertz CT molecular complexity index is 1320. The molecule has 1 fully saturated rings. The van der Waals surface area contributed by atoms with Gasteiger partial charge in [0.1, 0.15) is 11.3 Å². The molecule has 7 heteroatoms. The molecule has 178 valence electrons. The van der Waals surface area contributed by atoms with Crippen molar-refractivity contribution in [2.75, 3.05) is 33.3 Å². The van der Waals surface area contributed by atoms with Crippen LogP contribution in [0.15, 0.2) is 77.3 Å². The second-order valence-electron chi connectivity index (χ2n) is 8.63. The topological polar surface area (TPSA) is 75.9 Å². The first kappa shape index (κ1) is 22.7. The highest BCUT2D eigenvalue weighted by Gasteiger charge is 2.25. The van der Waals surface area contributed by atoms with Crippen molar-refractivity contribution in [1.29, 1.82) is 0 Å². The SMILES string of the molecule is COc1ccc(CCC(=O)N2CCN(C(=O)c3ccc4noc(-c5ccccc5)c4c3)CC2)cc1. The molecule has 1 aliphatic rings. The second-order valence-corrected chi connectivity index (χ2v) is 8.63. The summed E-state index contributed by atoms with van der Waals surface area (Å²) in [5.74, 6) is 1.53. The van der Waals surface area contributed by atoms with Gasteiger partial charge in [0.25, 0.3) is 5.91 Å². The molecule has 0 radical (unpaired) electrons. The summed E-state index contributed by atoms with van der Waals surface area (Å²) in [5, 5.41) is 4.95. The van der Waals surface area contributed by atoms with E-state index in [1.54, 1.807) is 13.2 Å². The van der Waals surface area contributed by atoms with Crippen LogP contribution in [0.2, 0.25) is 0 Å². The van der Waals surface area contributed by atoms with Crippen molar-refractivity contribution in [3.8, 4) is 17.1 Å². The summed E-state index contributed by atoms with van der Waals surface area (Å²) in [6.45, 7) is 2.11. The van der Waals surface area contributed by atoms with E-state index in [0.29, 0.717) is 55.9 Å². The molecule has 35 heavy (non-hydrogen) atoms. The molecule has 0 bridgehead atoms. The molecule has 3 aromatic carbocycles. The van der Waals surface area contributed by atoms with E-state index in [-0.39, 0.29) is 11.8 Å². The lowest BCUT2D eigenvalue weighted by molar-refractivity contribution is -0.132. The molecule has 2 heterocycles. The van der Waals surface area contributed by atoms with E-state index in [0.717, 1.165) is 22.3 Å². The molecule has 1 saturated heterocycles. The number of hydrogen-bond donors (Lipinski definition) is 0. The Morgan fingerprint density at radius 1 is 0.914 bits per heavy atom. The van der Waals surface area contributed by atoms with Crippen LogP contribution in [0.5, 0.6) is 5.75 Å². The quantitative estimate of drug-likeness (QED) is 0.418. The van der Waals surface area contributed by atoms with Crippen molar-refractivity contribution in [3.63, 3.8) is 0 Å². The number of amides is 2. The Labute approximate surface area is 203 Å². The lowest BCUT2D eigenvalue weighted by atomic mass is 10.1. The number of hydrogen-bond acceptors (Lipinski definition) is 5. The summed E-state index contributed by atoms with van der Waals surface area (Å²) >= 11 is 0. The van der Waals surface area contributed by atoms with Crippen LogP contribution in [-0.2, 0) is 11.2 Å². The van der Waals surface area contributed by atoms with Crippen molar-refractivity contribution in [2.45, 2.75) is 12.8 Å². The Kier molecular flexibility index (Phi) is 6.48. The average Bonchev–Trinajstić information content (AvgIpc) is 3.35. The van der Waals surface area contributed by atoms with Crippen LogP contribution in [0.3, 0.4) is 0 Å². The monoisotopic (exact) mass is 469 g/mol. The van der Waals surface area contributed by atoms with E-state index in [4.69, 9.17) is 9.26 Å². The van der Waals surface area contributed by atoms with Gasteiger partial charge in [0.2, 0.25) is 5.91 Å². The summed E-state index contributed by atoms with van der Waals surface area (Å²) in [6, 6.07) is 23.0. The van der Waals surface area contributed by atoms with Gasteiger partial charge in [-0.3, -0.25) is 9.59 Å². The number of piperazine rings is 1. The zero-order valence-corrected chi connectivity index (χ0v) is 19.6. The fraction of sp³-hybridized carbons (Fsp3) is 0.250. The number of carbonyl (C=O) groups is 2. The fourth-order valence-electron chi connectivity index (χ4n) is 4.42. The van der Waals surface area contributed by atoms with Gasteiger partial charge in [-0.2, -0.15) is 0 Å². The highest BCUT2D eigenvalue weighted by atomic mass is 16.5.